The molecule has 0 fully saturated rings. The predicted molar refractivity (Wildman–Crippen MR) is 266 cm³/mol. The number of carbonyl (C=O) groups excluding carboxylic acids is 2. The van der Waals surface area contributed by atoms with Gasteiger partial charge in [0.05, 0.1) is 61.5 Å². The van der Waals surface area contributed by atoms with Crippen LogP contribution in [0.5, 0.6) is 0 Å². The van der Waals surface area contributed by atoms with Gasteiger partial charge in [0, 0.05) is 63.2 Å². The lowest BCUT2D eigenvalue weighted by Crippen LogP contribution is -2.32. The number of nitrogens with zero attached hydrogens (tertiary/aromatic N) is 8. The molecule has 6 rings (SSSR count). The van der Waals surface area contributed by atoms with E-state index in [1.54, 1.807) is 66.9 Å². The lowest BCUT2D eigenvalue weighted by Gasteiger charge is -2.20. The molecule has 0 radical (unpaired) electrons. The highest BCUT2D eigenvalue weighted by atomic mass is 35.5. The van der Waals surface area contributed by atoms with Gasteiger partial charge in [-0.2, -0.15) is 22.8 Å². The second-order valence-electron chi connectivity index (χ2n) is 16.6. The van der Waals surface area contributed by atoms with Crippen LogP contribution in [-0.2, 0) is 45.1 Å². The second-order valence-corrected chi connectivity index (χ2v) is 16.9. The first kappa shape index (κ1) is 55.1. The van der Waals surface area contributed by atoms with E-state index in [0.29, 0.717) is 44.5 Å². The zero-order valence-electron chi connectivity index (χ0n) is 40.3. The third-order valence-corrected chi connectivity index (χ3v) is 8.98. The quantitative estimate of drug-likeness (QED) is 0.0509. The molecular weight excluding hydrogens is 896 g/mol. The van der Waals surface area contributed by atoms with E-state index in [1.807, 2.05) is 104 Å². The summed E-state index contributed by atoms with van der Waals surface area (Å²) in [5.74, 6) is 0.488. The minimum Gasteiger partial charge on any atom is -0.444 e. The highest BCUT2D eigenvalue weighted by Gasteiger charge is 2.17. The van der Waals surface area contributed by atoms with Crippen LogP contribution in [0.25, 0.3) is 22.5 Å². The molecule has 0 aliphatic carbocycles. The van der Waals surface area contributed by atoms with Crippen molar-refractivity contribution in [2.24, 2.45) is 0 Å². The molecule has 0 aliphatic heterocycles. The van der Waals surface area contributed by atoms with Gasteiger partial charge in [-0.3, -0.25) is 9.36 Å². The molecule has 5 N–H and O–H groups in total. The number of aromatic nitrogens is 8. The van der Waals surface area contributed by atoms with Crippen LogP contribution in [0.1, 0.15) is 63.8 Å². The zero-order chi connectivity index (χ0) is 49.6. The normalized spacial score (nSPS) is 10.8. The second kappa shape index (κ2) is 27.4. The van der Waals surface area contributed by atoms with Gasteiger partial charge in [-0.15, -0.1) is 0 Å². The smallest absolute Gasteiger partial charge is 0.407 e. The summed E-state index contributed by atoms with van der Waals surface area (Å²) in [5.41, 5.74) is 13.5. The van der Waals surface area contributed by atoms with Gasteiger partial charge in [0.25, 0.3) is 0 Å². The number of hydrogen-bond donors (Lipinski definition) is 5. The first-order valence-corrected chi connectivity index (χ1v) is 22.5. The summed E-state index contributed by atoms with van der Waals surface area (Å²) in [7, 11) is 3.32. The number of methoxy groups -OCH3 is 2. The summed E-state index contributed by atoms with van der Waals surface area (Å²) in [6.45, 7) is 18.5. The van der Waals surface area contributed by atoms with Crippen LogP contribution in [-0.4, -0.2) is 96.6 Å². The number of amides is 2. The predicted octanol–water partition coefficient (Wildman–Crippen LogP) is 8.85. The van der Waals surface area contributed by atoms with Gasteiger partial charge in [-0.05, 0) is 120 Å². The number of carbonyl (C=O) groups is 2. The number of nitrogen functional groups attached to an aromatic ring is 1. The number of hydrogen-bond acceptors (Lipinski definition) is 15. The molecule has 4 heterocycles. The van der Waals surface area contributed by atoms with Gasteiger partial charge in [0.15, 0.2) is 0 Å². The Bertz CT molecular complexity index is 2450. The molecule has 0 saturated carbocycles. The largest absolute Gasteiger partial charge is 0.444 e. The molecule has 2 amide bonds. The molecule has 0 saturated heterocycles. The van der Waals surface area contributed by atoms with E-state index in [0.717, 1.165) is 57.0 Å². The molecule has 362 valence electrons. The van der Waals surface area contributed by atoms with Crippen molar-refractivity contribution in [3.63, 3.8) is 0 Å². The SMILES string of the molecule is COCCn1cc(N)cn1.COCCn1cc(Nc2nccc(-c3ccc(CNC(=O)OC(C)(C)C)c(C)c3)n2)cn1.CS.Cc1cc(-c2ccnc(Cl)n2)ccc1CNC(=O)OC(C)(C)C. The van der Waals surface area contributed by atoms with E-state index >= 15 is 0 Å². The average molecular weight is 962 g/mol. The number of aryl methyl sites for hydroxylation is 2. The van der Waals surface area contributed by atoms with E-state index < -0.39 is 23.4 Å². The van der Waals surface area contributed by atoms with Gasteiger partial charge >= 0.3 is 12.2 Å². The maximum Gasteiger partial charge on any atom is 0.407 e. The van der Waals surface area contributed by atoms with Crippen LogP contribution >= 0.6 is 24.2 Å². The molecule has 0 aliphatic rings. The van der Waals surface area contributed by atoms with Gasteiger partial charge < -0.3 is 40.6 Å². The van der Waals surface area contributed by atoms with Gasteiger partial charge in [-0.1, -0.05) is 24.3 Å². The topological polar surface area (TPSA) is 220 Å². The number of halogens is 1. The Morgan fingerprint density at radius 3 is 1.63 bits per heavy atom. The van der Waals surface area contributed by atoms with Crippen molar-refractivity contribution in [2.45, 2.75) is 92.8 Å². The minimum absolute atomic E-state index is 0.218. The van der Waals surface area contributed by atoms with Crippen molar-refractivity contribution < 1.29 is 28.5 Å². The first-order valence-electron chi connectivity index (χ1n) is 21.3. The third-order valence-electron chi connectivity index (χ3n) is 8.79. The lowest BCUT2D eigenvalue weighted by molar-refractivity contribution is 0.0512. The maximum atomic E-state index is 11.9. The van der Waals surface area contributed by atoms with Crippen LogP contribution in [0, 0.1) is 13.8 Å². The third kappa shape index (κ3) is 20.8. The monoisotopic (exact) mass is 960 g/mol. The Labute approximate surface area is 404 Å². The number of anilines is 3. The number of alkyl carbamates (subject to hydrolysis) is 2. The summed E-state index contributed by atoms with van der Waals surface area (Å²) in [4.78, 5) is 40.6. The number of thiol groups is 1. The fourth-order valence-electron chi connectivity index (χ4n) is 5.70. The van der Waals surface area contributed by atoms with E-state index in [9.17, 15) is 9.59 Å². The van der Waals surface area contributed by atoms with Crippen LogP contribution in [0.3, 0.4) is 0 Å². The Kier molecular flexibility index (Phi) is 22.5. The van der Waals surface area contributed by atoms with Crippen molar-refractivity contribution in [1.29, 1.82) is 0 Å². The average Bonchev–Trinajstić information content (AvgIpc) is 3.91. The molecule has 0 unspecified atom stereocenters. The Morgan fingerprint density at radius 2 is 1.18 bits per heavy atom. The molecule has 2 aromatic carbocycles. The van der Waals surface area contributed by atoms with Crippen molar-refractivity contribution in [1.82, 2.24) is 50.1 Å². The molecule has 0 bridgehead atoms. The Balaban J connectivity index is 0.000000295. The van der Waals surface area contributed by atoms with E-state index in [1.165, 1.54) is 0 Å². The number of ether oxygens (including phenoxy) is 4. The molecule has 67 heavy (non-hydrogen) atoms. The van der Waals surface area contributed by atoms with E-state index in [-0.39, 0.29) is 5.28 Å². The lowest BCUT2D eigenvalue weighted by atomic mass is 10.0. The number of nitrogens with two attached hydrogens (primary N) is 1. The standard InChI is InChI=1S/C23H30N6O3.C17H20ClN3O2.C6H11N3O.CH4S/c1-16-12-17(6-7-18(16)13-25-22(30)32-23(2,3)4)20-8-9-24-21(28-20)27-19-14-26-29(15-19)10-11-31-5;1-11-9-12(14-7-8-19-15(18)21-14)5-6-13(11)10-20-16(22)23-17(2,3)4;1-10-3-2-9-5-6(7)4-8-9;1-2/h6-9,12,14-15H,10-11,13H2,1-5H3,(H,25,30)(H,24,27,28);5-9H,10H2,1-4H3,(H,20,22);4-5H,2-3,7H2,1H3;2H,1H3. The number of rotatable bonds is 14. The summed E-state index contributed by atoms with van der Waals surface area (Å²) >= 11 is 9.35. The Hall–Kier alpha value is -6.28. The molecule has 6 aromatic rings. The fraction of sp³-hybridized carbons (Fsp3) is 0.404. The molecule has 20 heteroatoms. The molecule has 0 atom stereocenters. The van der Waals surface area contributed by atoms with Crippen molar-refractivity contribution in [2.75, 3.05) is 44.7 Å². The van der Waals surface area contributed by atoms with Crippen molar-refractivity contribution in [3.8, 4) is 22.5 Å². The van der Waals surface area contributed by atoms with Gasteiger partial charge in [0.2, 0.25) is 11.2 Å². The Morgan fingerprint density at radius 1 is 0.701 bits per heavy atom. The number of benzene rings is 2. The molecular formula is C47H65ClN12O6S. The van der Waals surface area contributed by atoms with Crippen LogP contribution in [0.4, 0.5) is 26.9 Å². The highest BCUT2D eigenvalue weighted by Crippen LogP contribution is 2.24. The van der Waals surface area contributed by atoms with E-state index in [4.69, 9.17) is 36.3 Å². The van der Waals surface area contributed by atoms with Crippen LogP contribution in [0.2, 0.25) is 5.28 Å². The van der Waals surface area contributed by atoms with Crippen LogP contribution in [0.15, 0.2) is 85.7 Å². The van der Waals surface area contributed by atoms with E-state index in [2.05, 4.69) is 58.7 Å². The van der Waals surface area contributed by atoms with Gasteiger partial charge in [0.1, 0.15) is 11.2 Å². The van der Waals surface area contributed by atoms with Gasteiger partial charge in [-0.25, -0.2) is 29.5 Å². The highest BCUT2D eigenvalue weighted by molar-refractivity contribution is 7.79. The van der Waals surface area contributed by atoms with Crippen molar-refractivity contribution >= 4 is 53.7 Å². The molecule has 18 nitrogen and oxygen atoms in total. The van der Waals surface area contributed by atoms with Crippen molar-refractivity contribution in [3.05, 3.63) is 113 Å². The zero-order valence-corrected chi connectivity index (χ0v) is 41.9. The summed E-state index contributed by atoms with van der Waals surface area (Å²) in [6.07, 6.45) is 11.2. The fourth-order valence-corrected chi connectivity index (χ4v) is 5.84. The minimum atomic E-state index is -0.523. The summed E-state index contributed by atoms with van der Waals surface area (Å²) < 4.78 is 24.0. The summed E-state index contributed by atoms with van der Waals surface area (Å²) in [6, 6.07) is 15.6. The first-order chi connectivity index (χ1) is 31.8. The summed E-state index contributed by atoms with van der Waals surface area (Å²) in [5, 5.41) is 17.2. The number of nitrogens with one attached hydrogen (secondary N) is 3. The van der Waals surface area contributed by atoms with Crippen LogP contribution < -0.4 is 21.7 Å². The molecule has 4 aromatic heterocycles. The maximum absolute atomic E-state index is 11.9. The molecule has 0 spiro atoms.